The van der Waals surface area contributed by atoms with Gasteiger partial charge in [-0.3, -0.25) is 25.1 Å². The van der Waals surface area contributed by atoms with Crippen LogP contribution in [0.5, 0.6) is 11.5 Å². The van der Waals surface area contributed by atoms with Gasteiger partial charge in [0.05, 0.1) is 29.4 Å². The lowest BCUT2D eigenvalue weighted by atomic mass is 9.96. The number of ether oxygens (including phenoxy) is 2. The van der Waals surface area contributed by atoms with Gasteiger partial charge in [-0.1, -0.05) is 73.0 Å². The van der Waals surface area contributed by atoms with Crippen molar-refractivity contribution in [3.63, 3.8) is 0 Å². The number of benzene rings is 3. The van der Waals surface area contributed by atoms with Gasteiger partial charge in [-0.25, -0.2) is 22.9 Å². The van der Waals surface area contributed by atoms with E-state index >= 15 is 0 Å². The van der Waals surface area contributed by atoms with E-state index < -0.39 is 16.1 Å². The molecule has 0 radical (unpaired) electrons. The number of sulfonamides is 1. The van der Waals surface area contributed by atoms with Gasteiger partial charge in [-0.15, -0.1) is 0 Å². The smallest absolute Gasteiger partial charge is 0.328 e. The number of rotatable bonds is 15. The van der Waals surface area contributed by atoms with Crippen LogP contribution in [0.15, 0.2) is 101 Å². The molecule has 22 heteroatoms. The molecule has 6 rings (SSSR count). The minimum Gasteiger partial charge on any atom is -0.496 e. The maximum absolute atomic E-state index is 12.5. The number of hydrogen-bond donors (Lipinski definition) is 7. The van der Waals surface area contributed by atoms with Gasteiger partial charge in [0.25, 0.3) is 21.2 Å². The number of anilines is 1. The number of guanidine groups is 2. The summed E-state index contributed by atoms with van der Waals surface area (Å²) in [6.07, 6.45) is 7.73. The van der Waals surface area contributed by atoms with Crippen LogP contribution in [-0.2, 0) is 27.7 Å². The van der Waals surface area contributed by atoms with Crippen LogP contribution in [0.25, 0.3) is 0 Å². The highest BCUT2D eigenvalue weighted by Gasteiger charge is 2.31. The van der Waals surface area contributed by atoms with Gasteiger partial charge in [0.2, 0.25) is 11.9 Å². The molecule has 67 heavy (non-hydrogen) atoms. The lowest BCUT2D eigenvalue weighted by molar-refractivity contribution is -0.118. The van der Waals surface area contributed by atoms with E-state index in [1.54, 1.807) is 44.6 Å². The number of aromatic nitrogens is 1. The van der Waals surface area contributed by atoms with Crippen molar-refractivity contribution in [3.05, 3.63) is 113 Å². The largest absolute Gasteiger partial charge is 0.496 e. The quantitative estimate of drug-likeness (QED) is 0.0618. The Morgan fingerprint density at radius 2 is 1.66 bits per heavy atom. The Hall–Kier alpha value is -6.58. The second-order valence-electron chi connectivity index (χ2n) is 15.4. The third-order valence-electron chi connectivity index (χ3n) is 10.0. The van der Waals surface area contributed by atoms with Gasteiger partial charge in [0.15, 0.2) is 5.96 Å². The molecule has 1 saturated carbocycles. The summed E-state index contributed by atoms with van der Waals surface area (Å²) in [5, 5.41) is 14.7. The normalized spacial score (nSPS) is 14.4. The monoisotopic (exact) mass is 979 g/mol. The zero-order valence-electron chi connectivity index (χ0n) is 37.8. The summed E-state index contributed by atoms with van der Waals surface area (Å²) < 4.78 is 38.0. The van der Waals surface area contributed by atoms with Gasteiger partial charge in [0.1, 0.15) is 23.9 Å². The molecule has 1 aliphatic carbocycles. The molecule has 360 valence electrons. The third-order valence-corrected chi connectivity index (χ3v) is 12.6. The Balaban J connectivity index is 0.000000253. The van der Waals surface area contributed by atoms with Crippen LogP contribution in [0.3, 0.4) is 0 Å². The summed E-state index contributed by atoms with van der Waals surface area (Å²) in [5.41, 5.74) is 12.2. The van der Waals surface area contributed by atoms with Crippen molar-refractivity contribution in [3.8, 4) is 11.5 Å². The Bertz CT molecular complexity index is 2420. The molecule has 1 saturated heterocycles. The van der Waals surface area contributed by atoms with Crippen molar-refractivity contribution in [1.29, 1.82) is 5.41 Å². The van der Waals surface area contributed by atoms with Gasteiger partial charge < -0.3 is 41.4 Å². The van der Waals surface area contributed by atoms with Gasteiger partial charge in [-0.05, 0) is 91.4 Å². The van der Waals surface area contributed by atoms with Gasteiger partial charge in [-0.2, -0.15) is 4.99 Å². The van der Waals surface area contributed by atoms with Crippen LogP contribution in [0.2, 0.25) is 5.02 Å². The van der Waals surface area contributed by atoms with E-state index in [4.69, 9.17) is 38.0 Å². The zero-order chi connectivity index (χ0) is 48.9. The summed E-state index contributed by atoms with van der Waals surface area (Å²) in [7, 11) is 2.86. The number of carbonyl (C=O) groups is 4. The van der Waals surface area contributed by atoms with E-state index in [0.717, 1.165) is 73.1 Å². The summed E-state index contributed by atoms with van der Waals surface area (Å²) >= 11 is 7.01. The first kappa shape index (κ1) is 53.0. The maximum Gasteiger partial charge on any atom is 0.328 e. The molecule has 1 atom stereocenters. The van der Waals surface area contributed by atoms with Gasteiger partial charge >= 0.3 is 6.03 Å². The van der Waals surface area contributed by atoms with Crippen molar-refractivity contribution in [1.82, 2.24) is 30.6 Å². The van der Waals surface area contributed by atoms with Crippen LogP contribution in [-0.4, -0.2) is 113 Å². The van der Waals surface area contributed by atoms with E-state index in [2.05, 4.69) is 30.6 Å². The molecule has 1 unspecified atom stereocenters. The van der Waals surface area contributed by atoms with Crippen LogP contribution in [0.4, 0.5) is 15.4 Å². The van der Waals surface area contributed by atoms with Crippen molar-refractivity contribution in [2.45, 2.75) is 61.1 Å². The lowest BCUT2D eigenvalue weighted by Crippen LogP contribution is -2.45. The second-order valence-corrected chi connectivity index (χ2v) is 18.6. The van der Waals surface area contributed by atoms with Gasteiger partial charge in [0, 0.05) is 44.9 Å². The number of hydrogen-bond acceptors (Lipinski definition) is 12. The second kappa shape index (κ2) is 26.5. The number of methoxy groups -OCH3 is 1. The fraction of sp³-hybridized carbons (Fsp3) is 0.356. The summed E-state index contributed by atoms with van der Waals surface area (Å²) in [5.74, 6) is 1.53. The number of amides is 5. The van der Waals surface area contributed by atoms with E-state index in [1.165, 1.54) is 30.2 Å². The van der Waals surface area contributed by atoms with Crippen LogP contribution in [0.1, 0.15) is 53.6 Å². The summed E-state index contributed by atoms with van der Waals surface area (Å²) in [6.45, 7) is 1.60. The van der Waals surface area contributed by atoms with Crippen molar-refractivity contribution < 1.29 is 37.1 Å². The number of halogens is 1. The predicted molar refractivity (Wildman–Crippen MR) is 261 cm³/mol. The van der Waals surface area contributed by atoms with E-state index in [9.17, 15) is 27.6 Å². The van der Waals surface area contributed by atoms with Crippen molar-refractivity contribution >= 4 is 74.2 Å². The number of pyridine rings is 1. The molecule has 3 aromatic carbocycles. The van der Waals surface area contributed by atoms with Crippen LogP contribution < -0.4 is 46.5 Å². The standard InChI is InChI=1S/C23H28ClN3O5S.C18H19N3O3S.C4H11N5/c1-32-21-12-9-17(24)15-20(21)22(28)25-14-13-16-7-10-19(11-8-16)33(30,31)27-23(29)26-18-5-3-2-4-6-18;1-21(16-4-2-3-9-19-16)10-11-24-14-7-5-13(6-8-14)12-15-17(22)20-18(23)25-15;1-9(2)4(7)8-3(5)6/h7-12,15,18H,2-6,13-14H2,1H3,(H,25,28)(H2,26,27,29);2-9,15H,10-12H2,1H3,(H,20,22,23);1-2H3,(H5,5,6,7,8). The minimum absolute atomic E-state index is 0.00209. The average molecular weight is 981 g/mol. The predicted octanol–water partition coefficient (Wildman–Crippen LogP) is 4.89. The molecule has 19 nitrogen and oxygen atoms in total. The average Bonchev–Trinajstić information content (AvgIpc) is 3.62. The first-order valence-corrected chi connectivity index (χ1v) is 23.9. The Kier molecular flexibility index (Phi) is 21.0. The van der Waals surface area contributed by atoms with E-state index in [0.29, 0.717) is 42.3 Å². The first-order valence-electron chi connectivity index (χ1n) is 21.2. The maximum atomic E-state index is 12.5. The van der Waals surface area contributed by atoms with Crippen molar-refractivity contribution in [2.75, 3.05) is 52.8 Å². The number of nitrogens with one attached hydrogen (secondary N) is 5. The highest BCUT2D eigenvalue weighted by atomic mass is 35.5. The number of thioether (sulfide) groups is 1. The van der Waals surface area contributed by atoms with Crippen molar-refractivity contribution in [2.24, 2.45) is 16.5 Å². The lowest BCUT2D eigenvalue weighted by Gasteiger charge is -2.22. The SMILES string of the molecule is CN(C)C(=N)N=C(N)N.CN(CCOc1ccc(CC2SC(=O)NC2=O)cc1)c1ccccn1.COc1ccc(Cl)cc1C(=O)NCCc1ccc(S(=O)(=O)NC(=O)NC2CCCCC2)cc1. The number of nitrogens with zero attached hydrogens (tertiary/aromatic N) is 4. The number of carbonyl (C=O) groups excluding carboxylic acids is 4. The minimum atomic E-state index is -3.97. The van der Waals surface area contributed by atoms with E-state index in [-0.39, 0.29) is 45.2 Å². The number of likely N-dealkylation sites (N-methyl/N-ethyl adjacent to an activating group) is 1. The first-order chi connectivity index (χ1) is 31.9. The highest BCUT2D eigenvalue weighted by molar-refractivity contribution is 8.15. The number of imide groups is 1. The molecule has 9 N–H and O–H groups in total. The topological polar surface area (TPSA) is 277 Å². The summed E-state index contributed by atoms with van der Waals surface area (Å²) in [6, 6.07) is 23.7. The Morgan fingerprint density at radius 3 is 2.24 bits per heavy atom. The number of urea groups is 1. The molecule has 0 spiro atoms. The Morgan fingerprint density at radius 1 is 0.970 bits per heavy atom. The van der Waals surface area contributed by atoms with E-state index in [1.807, 2.05) is 54.4 Å². The number of aliphatic imine (C=N–C) groups is 1. The summed E-state index contributed by atoms with van der Waals surface area (Å²) in [4.78, 5) is 58.6. The molecule has 2 aliphatic rings. The highest BCUT2D eigenvalue weighted by Crippen LogP contribution is 2.25. The molecule has 4 aromatic rings. The molecule has 1 aliphatic heterocycles. The fourth-order valence-electron chi connectivity index (χ4n) is 6.43. The van der Waals surface area contributed by atoms with Crippen LogP contribution >= 0.6 is 23.4 Å². The number of nitrogens with two attached hydrogens (primary N) is 2. The molecular weight excluding hydrogens is 922 g/mol. The van der Waals surface area contributed by atoms with Crippen LogP contribution in [0, 0.1) is 5.41 Å². The molecule has 5 amide bonds. The third kappa shape index (κ3) is 18.3. The molecule has 2 fully saturated rings. The molecular formula is C45H58ClN11O8S2. The molecule has 0 bridgehead atoms. The zero-order valence-corrected chi connectivity index (χ0v) is 40.2. The fourth-order valence-corrected chi connectivity index (χ4v) is 8.38. The molecule has 1 aromatic heterocycles. The Labute approximate surface area is 400 Å². The molecule has 2 heterocycles.